The van der Waals surface area contributed by atoms with Crippen molar-refractivity contribution in [3.63, 3.8) is 0 Å². The second-order valence-electron chi connectivity index (χ2n) is 12.2. The van der Waals surface area contributed by atoms with Crippen LogP contribution in [0.25, 0.3) is 0 Å². The van der Waals surface area contributed by atoms with Crippen molar-refractivity contribution in [3.8, 4) is 11.5 Å². The molecule has 45 heavy (non-hydrogen) atoms. The number of halogens is 1. The standard InChI is InChI=1S/C32H35BrN4O8/c1-6-32-12-16-19(36(2)3)11-18(35-31(44)45-15-9-7-14(33)8-10-15)25(38)20(16)27(40)23(32)28(41)21-17(13-32)24(37(4)5)29(42)22(26(21)39)30(34)43/h7-11,17,21,24,38,41-42H,6,12-13H2,1-5H3,(H2,34,43)(H,35,44)/t17?,21?,24?,32-/m0/s1. The van der Waals surface area contributed by atoms with Crippen molar-refractivity contribution >= 4 is 50.9 Å². The highest BCUT2D eigenvalue weighted by Gasteiger charge is 2.59. The van der Waals surface area contributed by atoms with Gasteiger partial charge in [-0.2, -0.15) is 0 Å². The Kier molecular flexibility index (Phi) is 8.21. The number of nitrogens with two attached hydrogens (primary N) is 1. The van der Waals surface area contributed by atoms with Crippen LogP contribution >= 0.6 is 15.9 Å². The molecule has 2 aromatic carbocycles. The molecule has 0 spiro atoms. The van der Waals surface area contributed by atoms with Gasteiger partial charge < -0.3 is 30.7 Å². The molecule has 0 saturated carbocycles. The fourth-order valence-corrected chi connectivity index (χ4v) is 7.47. The van der Waals surface area contributed by atoms with E-state index in [4.69, 9.17) is 10.5 Å². The monoisotopic (exact) mass is 682 g/mol. The number of hydrogen-bond acceptors (Lipinski definition) is 10. The second-order valence-corrected chi connectivity index (χ2v) is 13.1. The first kappa shape index (κ1) is 32.0. The summed E-state index contributed by atoms with van der Waals surface area (Å²) in [5, 5.41) is 36.8. The number of nitrogens with zero attached hydrogens (tertiary/aromatic N) is 2. The molecule has 0 heterocycles. The Balaban J connectivity index is 1.65. The van der Waals surface area contributed by atoms with Gasteiger partial charge in [0.05, 0.1) is 23.2 Å². The van der Waals surface area contributed by atoms with Gasteiger partial charge in [-0.3, -0.25) is 24.6 Å². The van der Waals surface area contributed by atoms with Gasteiger partial charge in [0.25, 0.3) is 5.91 Å². The average molecular weight is 684 g/mol. The number of phenols is 1. The number of Topliss-reactive ketones (excluding diaryl/α,β-unsaturated/α-hetero) is 2. The van der Waals surface area contributed by atoms with Crippen molar-refractivity contribution in [2.45, 2.75) is 32.2 Å². The van der Waals surface area contributed by atoms with E-state index < -0.39 is 69.7 Å². The molecule has 3 aliphatic rings. The summed E-state index contributed by atoms with van der Waals surface area (Å²) in [5.41, 5.74) is 4.71. The third kappa shape index (κ3) is 5.13. The number of aromatic hydroxyl groups is 1. The quantitative estimate of drug-likeness (QED) is 0.218. The molecule has 0 fully saturated rings. The number of carbonyl (C=O) groups is 4. The van der Waals surface area contributed by atoms with Gasteiger partial charge in [0.1, 0.15) is 22.8 Å². The van der Waals surface area contributed by atoms with E-state index in [1.165, 1.54) is 0 Å². The molecule has 13 heteroatoms. The first-order chi connectivity index (χ1) is 21.1. The zero-order chi connectivity index (χ0) is 33.1. The summed E-state index contributed by atoms with van der Waals surface area (Å²) in [6.45, 7) is 1.87. The first-order valence-corrected chi connectivity index (χ1v) is 15.1. The number of amides is 2. The van der Waals surface area contributed by atoms with Gasteiger partial charge in [0.15, 0.2) is 17.3 Å². The van der Waals surface area contributed by atoms with Crippen molar-refractivity contribution in [1.29, 1.82) is 0 Å². The summed E-state index contributed by atoms with van der Waals surface area (Å²) < 4.78 is 6.13. The SMILES string of the molecule is CC[C@@]12Cc3c(N(C)C)cc(NC(=O)Oc4ccc(Br)cc4)c(O)c3C(=O)C1=C(O)C1C(=O)C(C(N)=O)=C(O)C(N(C)C)C1C2. The Morgan fingerprint density at radius 1 is 1.09 bits per heavy atom. The van der Waals surface area contributed by atoms with Crippen LogP contribution in [0.4, 0.5) is 16.2 Å². The van der Waals surface area contributed by atoms with Crippen molar-refractivity contribution in [2.75, 3.05) is 38.4 Å². The number of benzene rings is 2. The third-order valence-corrected chi connectivity index (χ3v) is 9.71. The largest absolute Gasteiger partial charge is 0.511 e. The number of anilines is 2. The summed E-state index contributed by atoms with van der Waals surface area (Å²) >= 11 is 3.32. The number of carbonyl (C=O) groups excluding carboxylic acids is 4. The highest BCUT2D eigenvalue weighted by molar-refractivity contribution is 9.10. The van der Waals surface area contributed by atoms with Crippen LogP contribution in [-0.2, 0) is 16.0 Å². The number of hydrogen-bond donors (Lipinski definition) is 5. The molecule has 0 aromatic heterocycles. The Morgan fingerprint density at radius 3 is 2.29 bits per heavy atom. The molecule has 0 radical (unpaired) electrons. The number of ketones is 2. The fourth-order valence-electron chi connectivity index (χ4n) is 7.21. The van der Waals surface area contributed by atoms with E-state index in [0.29, 0.717) is 17.7 Å². The predicted octanol–water partition coefficient (Wildman–Crippen LogP) is 4.23. The predicted molar refractivity (Wildman–Crippen MR) is 170 cm³/mol. The molecule has 0 bridgehead atoms. The Labute approximate surface area is 268 Å². The maximum atomic E-state index is 14.4. The van der Waals surface area contributed by atoms with Crippen LogP contribution in [-0.4, -0.2) is 78.0 Å². The molecule has 0 aliphatic heterocycles. The van der Waals surface area contributed by atoms with Gasteiger partial charge in [-0.25, -0.2) is 4.79 Å². The number of rotatable bonds is 6. The zero-order valence-electron chi connectivity index (χ0n) is 25.5. The minimum absolute atomic E-state index is 0.0376. The minimum atomic E-state index is -1.31. The summed E-state index contributed by atoms with van der Waals surface area (Å²) in [4.78, 5) is 56.5. The van der Waals surface area contributed by atoms with E-state index in [2.05, 4.69) is 21.2 Å². The number of allylic oxidation sites excluding steroid dienone is 2. The summed E-state index contributed by atoms with van der Waals surface area (Å²) in [7, 11) is 6.88. The van der Waals surface area contributed by atoms with Crippen LogP contribution in [0.1, 0.15) is 35.7 Å². The molecule has 238 valence electrons. The molecular formula is C32H35BrN4O8. The number of aliphatic hydroxyl groups is 2. The number of likely N-dealkylation sites (N-methyl/N-ethyl adjacent to an activating group) is 1. The number of fused-ring (bicyclic) bond motifs is 3. The molecule has 5 rings (SSSR count). The van der Waals surface area contributed by atoms with Gasteiger partial charge in [-0.05, 0) is 75.2 Å². The maximum Gasteiger partial charge on any atom is 0.417 e. The molecule has 12 nitrogen and oxygen atoms in total. The van der Waals surface area contributed by atoms with Crippen molar-refractivity contribution in [2.24, 2.45) is 23.0 Å². The zero-order valence-corrected chi connectivity index (χ0v) is 27.1. The van der Waals surface area contributed by atoms with Crippen LogP contribution in [0, 0.1) is 17.3 Å². The van der Waals surface area contributed by atoms with Crippen LogP contribution in [0.3, 0.4) is 0 Å². The lowest BCUT2D eigenvalue weighted by atomic mass is 9.53. The maximum absolute atomic E-state index is 14.4. The topological polar surface area (TPSA) is 183 Å². The van der Waals surface area contributed by atoms with Gasteiger partial charge in [0.2, 0.25) is 0 Å². The van der Waals surface area contributed by atoms with Crippen LogP contribution < -0.4 is 20.7 Å². The molecule has 2 amide bonds. The first-order valence-electron chi connectivity index (χ1n) is 14.4. The molecule has 3 unspecified atom stereocenters. The van der Waals surface area contributed by atoms with Crippen LogP contribution in [0.2, 0.25) is 0 Å². The lowest BCUT2D eigenvalue weighted by Gasteiger charge is -2.51. The van der Waals surface area contributed by atoms with Crippen molar-refractivity contribution < 1.29 is 39.2 Å². The molecule has 4 atom stereocenters. The van der Waals surface area contributed by atoms with Crippen LogP contribution in [0.5, 0.6) is 11.5 Å². The highest BCUT2D eigenvalue weighted by atomic mass is 79.9. The molecule has 6 N–H and O–H groups in total. The smallest absolute Gasteiger partial charge is 0.417 e. The number of aliphatic hydroxyl groups excluding tert-OH is 2. The molecule has 3 aliphatic carbocycles. The van der Waals surface area contributed by atoms with Gasteiger partial charge in [-0.15, -0.1) is 0 Å². The van der Waals surface area contributed by atoms with Crippen molar-refractivity contribution in [3.05, 3.63) is 68.6 Å². The Bertz CT molecular complexity index is 1700. The average Bonchev–Trinajstić information content (AvgIpc) is 2.94. The van der Waals surface area contributed by atoms with E-state index in [-0.39, 0.29) is 35.4 Å². The van der Waals surface area contributed by atoms with E-state index in [1.54, 1.807) is 68.3 Å². The summed E-state index contributed by atoms with van der Waals surface area (Å²) in [6.07, 6.45) is -0.0927. The molecular weight excluding hydrogens is 648 g/mol. The van der Waals surface area contributed by atoms with E-state index in [1.807, 2.05) is 6.92 Å². The minimum Gasteiger partial charge on any atom is -0.511 e. The van der Waals surface area contributed by atoms with E-state index in [9.17, 15) is 34.5 Å². The van der Waals surface area contributed by atoms with Gasteiger partial charge in [-0.1, -0.05) is 22.9 Å². The van der Waals surface area contributed by atoms with Crippen molar-refractivity contribution in [1.82, 2.24) is 4.90 Å². The van der Waals surface area contributed by atoms with E-state index in [0.717, 1.165) is 4.47 Å². The van der Waals surface area contributed by atoms with Crippen LogP contribution in [0.15, 0.2) is 57.5 Å². The molecule has 0 saturated heterocycles. The normalized spacial score (nSPS) is 24.2. The number of ether oxygens (including phenoxy) is 1. The van der Waals surface area contributed by atoms with Gasteiger partial charge in [0, 0.05) is 35.2 Å². The van der Waals surface area contributed by atoms with Gasteiger partial charge >= 0.3 is 6.09 Å². The number of phenolic OH excluding ortho intramolecular Hbond substituents is 1. The lowest BCUT2D eigenvalue weighted by molar-refractivity contribution is -0.127. The number of primary amides is 1. The lowest BCUT2D eigenvalue weighted by Crippen LogP contribution is -2.55. The fraction of sp³-hybridized carbons (Fsp3) is 0.375. The molecule has 2 aromatic rings. The van der Waals surface area contributed by atoms with E-state index >= 15 is 0 Å². The highest BCUT2D eigenvalue weighted by Crippen LogP contribution is 2.59. The number of nitrogens with one attached hydrogen (secondary N) is 1. The third-order valence-electron chi connectivity index (χ3n) is 9.18. The second kappa shape index (κ2) is 11.5. The Morgan fingerprint density at radius 2 is 1.73 bits per heavy atom. The Hall–Kier alpha value is -4.36. The summed E-state index contributed by atoms with van der Waals surface area (Å²) in [5.74, 6) is -5.92. The summed E-state index contributed by atoms with van der Waals surface area (Å²) in [6, 6.07) is 7.26.